The molecule has 0 aliphatic heterocycles. The van der Waals surface area contributed by atoms with Crippen LogP contribution in [0, 0.1) is 5.92 Å². The largest absolute Gasteiger partial charge is 0.382 e. The normalized spacial score (nSPS) is 23.2. The summed E-state index contributed by atoms with van der Waals surface area (Å²) in [7, 11) is 1.63. The summed E-state index contributed by atoms with van der Waals surface area (Å²) in [4.78, 5) is 11.7. The lowest BCUT2D eigenvalue weighted by atomic mass is 10.0. The average Bonchev–Trinajstić information content (AvgIpc) is 2.69. The highest BCUT2D eigenvalue weighted by Crippen LogP contribution is 2.23. The van der Waals surface area contributed by atoms with E-state index < -0.39 is 0 Å². The van der Waals surface area contributed by atoms with Gasteiger partial charge in [-0.2, -0.15) is 0 Å². The second-order valence-corrected chi connectivity index (χ2v) is 4.10. The van der Waals surface area contributed by atoms with E-state index in [1.165, 1.54) is 0 Å². The van der Waals surface area contributed by atoms with E-state index >= 15 is 0 Å². The van der Waals surface area contributed by atoms with E-state index in [0.29, 0.717) is 26.4 Å². The van der Waals surface area contributed by atoms with Crippen LogP contribution < -0.4 is 11.1 Å². The van der Waals surface area contributed by atoms with Crippen LogP contribution in [-0.2, 0) is 14.3 Å². The summed E-state index contributed by atoms with van der Waals surface area (Å²) in [6.45, 7) is 2.22. The Hall–Kier alpha value is -0.360. The number of ether oxygens (including phenoxy) is 2. The Labute approximate surface area is 109 Å². The SMILES string of the molecule is COCCOCCNC(=O)C1CCCC1N.Cl. The van der Waals surface area contributed by atoms with Crippen LogP contribution in [-0.4, -0.2) is 45.4 Å². The van der Waals surface area contributed by atoms with Crippen LogP contribution in [0.5, 0.6) is 0 Å². The molecule has 0 aromatic heterocycles. The molecule has 1 amide bonds. The van der Waals surface area contributed by atoms with Gasteiger partial charge in [-0.3, -0.25) is 4.79 Å². The molecule has 1 rings (SSSR count). The van der Waals surface area contributed by atoms with Crippen molar-refractivity contribution in [3.8, 4) is 0 Å². The summed E-state index contributed by atoms with van der Waals surface area (Å²) in [6, 6.07) is 0.0365. The first-order valence-corrected chi connectivity index (χ1v) is 5.85. The van der Waals surface area contributed by atoms with Crippen LogP contribution in [0.1, 0.15) is 19.3 Å². The summed E-state index contributed by atoms with van der Waals surface area (Å²) >= 11 is 0. The highest BCUT2D eigenvalue weighted by Gasteiger charge is 2.29. The predicted octanol–water partition coefficient (Wildman–Crippen LogP) is 0.315. The van der Waals surface area contributed by atoms with Gasteiger partial charge in [0.15, 0.2) is 0 Å². The number of hydrogen-bond donors (Lipinski definition) is 2. The lowest BCUT2D eigenvalue weighted by Crippen LogP contribution is -2.39. The Morgan fingerprint density at radius 3 is 2.71 bits per heavy atom. The molecule has 0 bridgehead atoms. The van der Waals surface area contributed by atoms with E-state index in [1.54, 1.807) is 7.11 Å². The molecule has 17 heavy (non-hydrogen) atoms. The number of carbonyl (C=O) groups is 1. The van der Waals surface area contributed by atoms with Crippen molar-refractivity contribution in [3.05, 3.63) is 0 Å². The number of halogens is 1. The maximum absolute atomic E-state index is 11.7. The van der Waals surface area contributed by atoms with E-state index in [0.717, 1.165) is 19.3 Å². The topological polar surface area (TPSA) is 73.6 Å². The zero-order chi connectivity index (χ0) is 11.8. The van der Waals surface area contributed by atoms with Crippen LogP contribution in [0.25, 0.3) is 0 Å². The molecule has 2 unspecified atom stereocenters. The average molecular weight is 267 g/mol. The smallest absolute Gasteiger partial charge is 0.224 e. The Bertz CT molecular complexity index is 217. The van der Waals surface area contributed by atoms with Gasteiger partial charge in [-0.15, -0.1) is 12.4 Å². The summed E-state index contributed by atoms with van der Waals surface area (Å²) < 4.78 is 10.1. The van der Waals surface area contributed by atoms with E-state index in [9.17, 15) is 4.79 Å². The number of rotatable bonds is 7. The number of carbonyl (C=O) groups excluding carboxylic acids is 1. The summed E-state index contributed by atoms with van der Waals surface area (Å²) in [6.07, 6.45) is 2.93. The van der Waals surface area contributed by atoms with Gasteiger partial charge in [-0.05, 0) is 12.8 Å². The fourth-order valence-corrected chi connectivity index (χ4v) is 1.94. The third kappa shape index (κ3) is 6.21. The fourth-order valence-electron chi connectivity index (χ4n) is 1.94. The van der Waals surface area contributed by atoms with Crippen LogP contribution in [0.2, 0.25) is 0 Å². The molecule has 0 aromatic carbocycles. The summed E-state index contributed by atoms with van der Waals surface area (Å²) in [5, 5.41) is 2.85. The number of nitrogens with two attached hydrogens (primary N) is 1. The zero-order valence-corrected chi connectivity index (χ0v) is 11.1. The van der Waals surface area contributed by atoms with Crippen molar-refractivity contribution in [2.24, 2.45) is 11.7 Å². The van der Waals surface area contributed by atoms with Crippen molar-refractivity contribution >= 4 is 18.3 Å². The molecule has 1 aliphatic carbocycles. The third-order valence-corrected chi connectivity index (χ3v) is 2.88. The first kappa shape index (κ1) is 16.6. The second kappa shape index (κ2) is 9.65. The number of methoxy groups -OCH3 is 1. The van der Waals surface area contributed by atoms with Gasteiger partial charge >= 0.3 is 0 Å². The highest BCUT2D eigenvalue weighted by molar-refractivity contribution is 5.85. The second-order valence-electron chi connectivity index (χ2n) is 4.10. The van der Waals surface area contributed by atoms with Gasteiger partial charge in [-0.25, -0.2) is 0 Å². The van der Waals surface area contributed by atoms with Crippen molar-refractivity contribution in [1.29, 1.82) is 0 Å². The van der Waals surface area contributed by atoms with Crippen LogP contribution in [0.15, 0.2) is 0 Å². The quantitative estimate of drug-likeness (QED) is 0.651. The minimum atomic E-state index is -0.000949. The predicted molar refractivity (Wildman–Crippen MR) is 68.3 cm³/mol. The van der Waals surface area contributed by atoms with Crippen molar-refractivity contribution < 1.29 is 14.3 Å². The van der Waals surface area contributed by atoms with Crippen molar-refractivity contribution in [3.63, 3.8) is 0 Å². The molecule has 0 saturated heterocycles. The van der Waals surface area contributed by atoms with E-state index in [4.69, 9.17) is 15.2 Å². The Kier molecular flexibility index (Phi) is 9.44. The monoisotopic (exact) mass is 266 g/mol. The summed E-state index contributed by atoms with van der Waals surface area (Å²) in [5.41, 5.74) is 5.84. The van der Waals surface area contributed by atoms with E-state index in [-0.39, 0.29) is 30.3 Å². The van der Waals surface area contributed by atoms with Gasteiger partial charge in [0.1, 0.15) is 0 Å². The molecule has 1 fully saturated rings. The number of amides is 1. The van der Waals surface area contributed by atoms with Crippen LogP contribution in [0.3, 0.4) is 0 Å². The molecule has 5 nitrogen and oxygen atoms in total. The van der Waals surface area contributed by atoms with Gasteiger partial charge in [0.2, 0.25) is 5.91 Å². The molecule has 0 aromatic rings. The maximum Gasteiger partial charge on any atom is 0.224 e. The van der Waals surface area contributed by atoms with Crippen molar-refractivity contribution in [2.45, 2.75) is 25.3 Å². The molecule has 3 N–H and O–H groups in total. The number of hydrogen-bond acceptors (Lipinski definition) is 4. The molecule has 0 heterocycles. The van der Waals surface area contributed by atoms with Crippen molar-refractivity contribution in [1.82, 2.24) is 5.32 Å². The van der Waals surface area contributed by atoms with E-state index in [1.807, 2.05) is 0 Å². The minimum absolute atomic E-state index is 0. The fraction of sp³-hybridized carbons (Fsp3) is 0.909. The molecular formula is C11H23ClN2O3. The molecule has 0 radical (unpaired) electrons. The van der Waals surface area contributed by atoms with Gasteiger partial charge in [0, 0.05) is 19.7 Å². The third-order valence-electron chi connectivity index (χ3n) is 2.88. The van der Waals surface area contributed by atoms with Gasteiger partial charge in [0.05, 0.1) is 25.7 Å². The molecule has 1 aliphatic rings. The molecular weight excluding hydrogens is 244 g/mol. The molecule has 0 spiro atoms. The first-order chi connectivity index (χ1) is 7.75. The summed E-state index contributed by atoms with van der Waals surface area (Å²) in [5.74, 6) is 0.0688. The Morgan fingerprint density at radius 2 is 2.12 bits per heavy atom. The van der Waals surface area contributed by atoms with Gasteiger partial charge < -0.3 is 20.5 Å². The standard InChI is InChI=1S/C11H22N2O3.ClH/c1-15-7-8-16-6-5-13-11(14)9-3-2-4-10(9)12;/h9-10H,2-8,12H2,1H3,(H,13,14);1H. The zero-order valence-electron chi connectivity index (χ0n) is 10.3. The number of nitrogens with one attached hydrogen (secondary N) is 1. The molecule has 102 valence electrons. The van der Waals surface area contributed by atoms with Crippen molar-refractivity contribution in [2.75, 3.05) is 33.5 Å². The lowest BCUT2D eigenvalue weighted by molar-refractivity contribution is -0.125. The Balaban J connectivity index is 0.00000256. The van der Waals surface area contributed by atoms with Crippen LogP contribution in [0.4, 0.5) is 0 Å². The van der Waals surface area contributed by atoms with Gasteiger partial charge in [-0.1, -0.05) is 6.42 Å². The first-order valence-electron chi connectivity index (χ1n) is 5.85. The lowest BCUT2D eigenvalue weighted by Gasteiger charge is -2.15. The Morgan fingerprint density at radius 1 is 1.35 bits per heavy atom. The molecule has 1 saturated carbocycles. The van der Waals surface area contributed by atoms with Gasteiger partial charge in [0.25, 0.3) is 0 Å². The van der Waals surface area contributed by atoms with E-state index in [2.05, 4.69) is 5.32 Å². The van der Waals surface area contributed by atoms with Crippen LogP contribution >= 0.6 is 12.4 Å². The minimum Gasteiger partial charge on any atom is -0.382 e. The highest BCUT2D eigenvalue weighted by atomic mass is 35.5. The molecule has 2 atom stereocenters. The maximum atomic E-state index is 11.7. The molecule has 6 heteroatoms.